The van der Waals surface area contributed by atoms with E-state index in [9.17, 15) is 4.79 Å². The van der Waals surface area contributed by atoms with Crippen LogP contribution in [0, 0.1) is 20.8 Å². The first-order chi connectivity index (χ1) is 11.9. The van der Waals surface area contributed by atoms with Gasteiger partial charge in [-0.05, 0) is 74.7 Å². The molecule has 0 aliphatic heterocycles. The Labute approximate surface area is 149 Å². The molecule has 0 heterocycles. The highest BCUT2D eigenvalue weighted by atomic mass is 16.5. The summed E-state index contributed by atoms with van der Waals surface area (Å²) in [6.45, 7) is 11.9. The fourth-order valence-electron chi connectivity index (χ4n) is 2.40. The number of nitrogens with one attached hydrogen (secondary N) is 1. The lowest BCUT2D eigenvalue weighted by atomic mass is 10.1. The molecule has 0 aliphatic carbocycles. The van der Waals surface area contributed by atoms with Crippen LogP contribution in [-0.2, 0) is 4.79 Å². The van der Waals surface area contributed by atoms with Crippen molar-refractivity contribution in [1.82, 2.24) is 0 Å². The molecular formula is C21H25NO3. The third-order valence-corrected chi connectivity index (χ3v) is 3.93. The zero-order chi connectivity index (χ0) is 18.4. The van der Waals surface area contributed by atoms with Gasteiger partial charge in [0.15, 0.2) is 6.10 Å². The molecule has 0 fully saturated rings. The van der Waals surface area contributed by atoms with Gasteiger partial charge in [-0.15, -0.1) is 0 Å². The van der Waals surface area contributed by atoms with E-state index in [0.717, 1.165) is 28.2 Å². The molecule has 0 bridgehead atoms. The molecule has 4 heteroatoms. The van der Waals surface area contributed by atoms with E-state index in [0.29, 0.717) is 12.3 Å². The second-order valence-corrected chi connectivity index (χ2v) is 6.08. The first-order valence-corrected chi connectivity index (χ1v) is 8.30. The summed E-state index contributed by atoms with van der Waals surface area (Å²) in [7, 11) is 0. The Morgan fingerprint density at radius 2 is 1.88 bits per heavy atom. The van der Waals surface area contributed by atoms with E-state index in [1.54, 1.807) is 37.3 Å². The highest BCUT2D eigenvalue weighted by Crippen LogP contribution is 2.24. The number of carbonyl (C=O) groups excluding carboxylic acids is 1. The van der Waals surface area contributed by atoms with E-state index < -0.39 is 6.10 Å². The van der Waals surface area contributed by atoms with E-state index in [-0.39, 0.29) is 5.91 Å². The fourth-order valence-corrected chi connectivity index (χ4v) is 2.40. The summed E-state index contributed by atoms with van der Waals surface area (Å²) in [5, 5.41) is 2.85. The summed E-state index contributed by atoms with van der Waals surface area (Å²) in [5.41, 5.74) is 4.01. The van der Waals surface area contributed by atoms with E-state index >= 15 is 0 Å². The minimum atomic E-state index is -0.600. The third kappa shape index (κ3) is 5.11. The van der Waals surface area contributed by atoms with Gasteiger partial charge in [0.25, 0.3) is 5.91 Å². The normalized spacial score (nSPS) is 11.5. The Morgan fingerprint density at radius 3 is 2.52 bits per heavy atom. The number of carbonyl (C=O) groups is 1. The lowest BCUT2D eigenvalue weighted by molar-refractivity contribution is -0.122. The maximum atomic E-state index is 12.4. The molecule has 0 radical (unpaired) electrons. The zero-order valence-corrected chi connectivity index (χ0v) is 15.3. The van der Waals surface area contributed by atoms with Crippen molar-refractivity contribution < 1.29 is 14.3 Å². The highest BCUT2D eigenvalue weighted by molar-refractivity contribution is 5.94. The molecule has 0 saturated heterocycles. The minimum absolute atomic E-state index is 0.196. The summed E-state index contributed by atoms with van der Waals surface area (Å²) in [4.78, 5) is 12.4. The molecule has 1 unspecified atom stereocenters. The molecule has 0 spiro atoms. The van der Waals surface area contributed by atoms with Crippen LogP contribution in [-0.4, -0.2) is 18.6 Å². The second-order valence-electron chi connectivity index (χ2n) is 6.08. The van der Waals surface area contributed by atoms with Gasteiger partial charge in [-0.3, -0.25) is 4.79 Å². The fraction of sp³-hybridized carbons (Fsp3) is 0.286. The number of hydrogen-bond donors (Lipinski definition) is 1. The third-order valence-electron chi connectivity index (χ3n) is 3.93. The molecule has 1 N–H and O–H groups in total. The van der Waals surface area contributed by atoms with Crippen molar-refractivity contribution in [3.63, 3.8) is 0 Å². The lowest BCUT2D eigenvalue weighted by Crippen LogP contribution is -2.30. The van der Waals surface area contributed by atoms with Crippen molar-refractivity contribution >= 4 is 11.6 Å². The highest BCUT2D eigenvalue weighted by Gasteiger charge is 2.16. The van der Waals surface area contributed by atoms with Crippen LogP contribution in [0.3, 0.4) is 0 Å². The van der Waals surface area contributed by atoms with Gasteiger partial charge in [0, 0.05) is 5.69 Å². The maximum absolute atomic E-state index is 12.4. The minimum Gasteiger partial charge on any atom is -0.490 e. The lowest BCUT2D eigenvalue weighted by Gasteiger charge is -2.18. The van der Waals surface area contributed by atoms with Crippen molar-refractivity contribution in [2.24, 2.45) is 0 Å². The molecular weight excluding hydrogens is 314 g/mol. The van der Waals surface area contributed by atoms with Gasteiger partial charge in [0.05, 0.1) is 0 Å². The monoisotopic (exact) mass is 339 g/mol. The molecule has 0 aromatic heterocycles. The van der Waals surface area contributed by atoms with E-state index in [2.05, 4.69) is 18.0 Å². The van der Waals surface area contributed by atoms with Crippen LogP contribution in [0.15, 0.2) is 49.1 Å². The Morgan fingerprint density at radius 1 is 1.20 bits per heavy atom. The summed E-state index contributed by atoms with van der Waals surface area (Å²) in [6, 6.07) is 11.3. The number of ether oxygens (including phenoxy) is 2. The van der Waals surface area contributed by atoms with Gasteiger partial charge >= 0.3 is 0 Å². The summed E-state index contributed by atoms with van der Waals surface area (Å²) < 4.78 is 11.3. The topological polar surface area (TPSA) is 47.6 Å². The first-order valence-electron chi connectivity index (χ1n) is 8.30. The Balaban J connectivity index is 1.99. The molecule has 25 heavy (non-hydrogen) atoms. The van der Waals surface area contributed by atoms with Crippen LogP contribution in [0.25, 0.3) is 0 Å². The maximum Gasteiger partial charge on any atom is 0.265 e. The summed E-state index contributed by atoms with van der Waals surface area (Å²) in [6.07, 6.45) is 1.08. The van der Waals surface area contributed by atoms with Crippen LogP contribution in [0.2, 0.25) is 0 Å². The summed E-state index contributed by atoms with van der Waals surface area (Å²) >= 11 is 0. The van der Waals surface area contributed by atoms with E-state index in [1.807, 2.05) is 26.8 Å². The molecule has 2 aromatic rings. The molecule has 2 aromatic carbocycles. The van der Waals surface area contributed by atoms with E-state index in [4.69, 9.17) is 9.47 Å². The SMILES string of the molecule is C=CCOc1ccc(NC(=O)C(C)Oc2cc(C)cc(C)c2C)cc1. The van der Waals surface area contributed by atoms with Gasteiger partial charge in [0.2, 0.25) is 0 Å². The predicted octanol–water partition coefficient (Wildman–Crippen LogP) is 4.58. The second kappa shape index (κ2) is 8.38. The van der Waals surface area contributed by atoms with Crippen molar-refractivity contribution in [3.8, 4) is 11.5 Å². The molecule has 132 valence electrons. The van der Waals surface area contributed by atoms with Crippen molar-refractivity contribution in [3.05, 3.63) is 65.7 Å². The zero-order valence-electron chi connectivity index (χ0n) is 15.3. The predicted molar refractivity (Wildman–Crippen MR) is 102 cm³/mol. The van der Waals surface area contributed by atoms with Crippen LogP contribution in [0.1, 0.15) is 23.6 Å². The van der Waals surface area contributed by atoms with Gasteiger partial charge < -0.3 is 14.8 Å². The number of aryl methyl sites for hydroxylation is 2. The van der Waals surface area contributed by atoms with Crippen LogP contribution >= 0.6 is 0 Å². The quantitative estimate of drug-likeness (QED) is 0.751. The van der Waals surface area contributed by atoms with Crippen LogP contribution in [0.4, 0.5) is 5.69 Å². The molecule has 0 aliphatic rings. The molecule has 1 amide bonds. The van der Waals surface area contributed by atoms with Crippen molar-refractivity contribution in [2.75, 3.05) is 11.9 Å². The molecule has 4 nitrogen and oxygen atoms in total. The number of hydrogen-bond acceptors (Lipinski definition) is 3. The first kappa shape index (κ1) is 18.6. The standard InChI is InChI=1S/C21H25NO3/c1-6-11-24-19-9-7-18(8-10-19)22-21(23)17(5)25-20-13-14(2)12-15(3)16(20)4/h6-10,12-13,17H,1,11H2,2-5H3,(H,22,23). The van der Waals surface area contributed by atoms with Crippen molar-refractivity contribution in [1.29, 1.82) is 0 Å². The van der Waals surface area contributed by atoms with Crippen LogP contribution < -0.4 is 14.8 Å². The van der Waals surface area contributed by atoms with Gasteiger partial charge in [-0.25, -0.2) is 0 Å². The molecule has 0 saturated carbocycles. The van der Waals surface area contributed by atoms with Gasteiger partial charge in [-0.1, -0.05) is 18.7 Å². The average Bonchev–Trinajstić information content (AvgIpc) is 2.58. The van der Waals surface area contributed by atoms with Gasteiger partial charge in [0.1, 0.15) is 18.1 Å². The number of anilines is 1. The summed E-state index contributed by atoms with van der Waals surface area (Å²) in [5.74, 6) is 1.28. The molecule has 2 rings (SSSR count). The Bertz CT molecular complexity index is 750. The largest absolute Gasteiger partial charge is 0.490 e. The average molecular weight is 339 g/mol. The Hall–Kier alpha value is -2.75. The number of amides is 1. The smallest absolute Gasteiger partial charge is 0.265 e. The molecule has 1 atom stereocenters. The van der Waals surface area contributed by atoms with Crippen molar-refractivity contribution in [2.45, 2.75) is 33.8 Å². The number of rotatable bonds is 7. The van der Waals surface area contributed by atoms with Crippen LogP contribution in [0.5, 0.6) is 11.5 Å². The number of benzene rings is 2. The Kier molecular flexibility index (Phi) is 6.23. The van der Waals surface area contributed by atoms with Gasteiger partial charge in [-0.2, -0.15) is 0 Å². The van der Waals surface area contributed by atoms with E-state index in [1.165, 1.54) is 0 Å².